The van der Waals surface area contributed by atoms with Crippen molar-refractivity contribution in [3.63, 3.8) is 0 Å². The van der Waals surface area contributed by atoms with Gasteiger partial charge in [0.2, 0.25) is 0 Å². The average molecular weight is 251 g/mol. The van der Waals surface area contributed by atoms with Crippen molar-refractivity contribution in [3.05, 3.63) is 35.1 Å². The Labute approximate surface area is 111 Å². The van der Waals surface area contributed by atoms with E-state index in [9.17, 15) is 4.39 Å². The van der Waals surface area contributed by atoms with Gasteiger partial charge in [-0.3, -0.25) is 0 Å². The number of nitrogens with one attached hydrogen (secondary N) is 1. The van der Waals surface area contributed by atoms with E-state index in [2.05, 4.69) is 26.1 Å². The Balaban J connectivity index is 2.93. The quantitative estimate of drug-likeness (QED) is 0.746. The summed E-state index contributed by atoms with van der Waals surface area (Å²) in [4.78, 5) is 0. The fourth-order valence-electron chi connectivity index (χ4n) is 2.53. The molecule has 0 aromatic heterocycles. The molecule has 0 aliphatic heterocycles. The summed E-state index contributed by atoms with van der Waals surface area (Å²) in [6, 6.07) is 5.48. The monoisotopic (exact) mass is 251 g/mol. The molecule has 18 heavy (non-hydrogen) atoms. The van der Waals surface area contributed by atoms with Gasteiger partial charge in [-0.15, -0.1) is 0 Å². The number of aryl methyl sites for hydroxylation is 1. The van der Waals surface area contributed by atoms with Crippen molar-refractivity contribution in [2.24, 2.45) is 5.92 Å². The lowest BCUT2D eigenvalue weighted by molar-refractivity contribution is 0.362. The van der Waals surface area contributed by atoms with Crippen molar-refractivity contribution in [2.45, 2.75) is 53.0 Å². The fraction of sp³-hybridized carbons (Fsp3) is 0.625. The van der Waals surface area contributed by atoms with E-state index >= 15 is 0 Å². The Hall–Kier alpha value is -0.890. The molecular formula is C16H26FN. The zero-order valence-electron chi connectivity index (χ0n) is 12.1. The molecule has 102 valence electrons. The highest BCUT2D eigenvalue weighted by molar-refractivity contribution is 5.30. The van der Waals surface area contributed by atoms with Crippen molar-refractivity contribution in [1.29, 1.82) is 0 Å². The highest BCUT2D eigenvalue weighted by atomic mass is 19.1. The minimum atomic E-state index is -0.145. The van der Waals surface area contributed by atoms with E-state index in [1.807, 2.05) is 13.0 Å². The second-order valence-electron chi connectivity index (χ2n) is 5.20. The molecule has 2 heteroatoms. The van der Waals surface area contributed by atoms with Gasteiger partial charge < -0.3 is 5.32 Å². The zero-order valence-corrected chi connectivity index (χ0v) is 12.1. The number of hydrogen-bond donors (Lipinski definition) is 1. The summed E-state index contributed by atoms with van der Waals surface area (Å²) in [5.41, 5.74) is 2.29. The Morgan fingerprint density at radius 3 is 2.50 bits per heavy atom. The summed E-state index contributed by atoms with van der Waals surface area (Å²) >= 11 is 0. The molecule has 2 atom stereocenters. The summed E-state index contributed by atoms with van der Waals surface area (Å²) in [6.07, 6.45) is 3.50. The van der Waals surface area contributed by atoms with E-state index in [0.29, 0.717) is 12.0 Å². The van der Waals surface area contributed by atoms with Crippen LogP contribution < -0.4 is 5.32 Å². The number of benzene rings is 1. The number of halogens is 1. The molecule has 0 spiro atoms. The second-order valence-corrected chi connectivity index (χ2v) is 5.20. The van der Waals surface area contributed by atoms with Gasteiger partial charge in [0.1, 0.15) is 5.82 Å². The first-order valence-corrected chi connectivity index (χ1v) is 7.09. The first-order valence-electron chi connectivity index (χ1n) is 7.09. The van der Waals surface area contributed by atoms with E-state index in [1.165, 1.54) is 18.4 Å². The molecule has 0 heterocycles. The molecule has 0 saturated heterocycles. The lowest BCUT2D eigenvalue weighted by Crippen LogP contribution is -2.28. The average Bonchev–Trinajstić information content (AvgIpc) is 2.32. The predicted octanol–water partition coefficient (Wildman–Crippen LogP) is 4.61. The van der Waals surface area contributed by atoms with Gasteiger partial charge in [0.15, 0.2) is 0 Å². The zero-order chi connectivity index (χ0) is 13.5. The van der Waals surface area contributed by atoms with Gasteiger partial charge in [0.05, 0.1) is 0 Å². The molecule has 0 amide bonds. The minimum Gasteiger partial charge on any atom is -0.310 e. The van der Waals surface area contributed by atoms with Crippen molar-refractivity contribution < 1.29 is 4.39 Å². The van der Waals surface area contributed by atoms with Crippen molar-refractivity contribution >= 4 is 0 Å². The molecule has 0 aliphatic rings. The smallest absolute Gasteiger partial charge is 0.123 e. The van der Waals surface area contributed by atoms with Crippen LogP contribution in [0.15, 0.2) is 18.2 Å². The van der Waals surface area contributed by atoms with Crippen molar-refractivity contribution in [2.75, 3.05) is 6.54 Å². The van der Waals surface area contributed by atoms with Crippen LogP contribution in [0.25, 0.3) is 0 Å². The van der Waals surface area contributed by atoms with Crippen LogP contribution in [0.1, 0.15) is 57.2 Å². The fourth-order valence-corrected chi connectivity index (χ4v) is 2.53. The topological polar surface area (TPSA) is 12.0 Å². The maximum absolute atomic E-state index is 13.2. The standard InChI is InChI=1S/C16H26FN/c1-5-7-12(3)16(18-10-6-2)15-9-8-14(17)11-13(15)4/h8-9,11-12,16,18H,5-7,10H2,1-4H3. The first kappa shape index (κ1) is 15.2. The largest absolute Gasteiger partial charge is 0.310 e. The summed E-state index contributed by atoms with van der Waals surface area (Å²) in [5, 5.41) is 3.61. The Morgan fingerprint density at radius 2 is 1.94 bits per heavy atom. The van der Waals surface area contributed by atoms with Gasteiger partial charge >= 0.3 is 0 Å². The molecule has 0 saturated carbocycles. The lowest BCUT2D eigenvalue weighted by Gasteiger charge is -2.27. The maximum Gasteiger partial charge on any atom is 0.123 e. The minimum absolute atomic E-state index is 0.145. The Morgan fingerprint density at radius 1 is 1.22 bits per heavy atom. The molecule has 1 N–H and O–H groups in total. The van der Waals surface area contributed by atoms with Crippen LogP contribution in [0.3, 0.4) is 0 Å². The Bertz CT molecular complexity index is 362. The molecule has 1 aromatic carbocycles. The van der Waals surface area contributed by atoms with E-state index in [0.717, 1.165) is 18.5 Å². The molecule has 0 fully saturated rings. The van der Waals surface area contributed by atoms with E-state index in [1.54, 1.807) is 12.1 Å². The molecule has 1 nitrogen and oxygen atoms in total. The first-order chi connectivity index (χ1) is 8.60. The van der Waals surface area contributed by atoms with Gasteiger partial charge in [-0.05, 0) is 55.5 Å². The van der Waals surface area contributed by atoms with Gasteiger partial charge in [-0.1, -0.05) is 33.3 Å². The van der Waals surface area contributed by atoms with Crippen LogP contribution in [0.2, 0.25) is 0 Å². The summed E-state index contributed by atoms with van der Waals surface area (Å²) in [5.74, 6) is 0.430. The van der Waals surface area contributed by atoms with Crippen molar-refractivity contribution in [3.8, 4) is 0 Å². The Kier molecular flexibility index (Phi) is 6.34. The number of hydrogen-bond acceptors (Lipinski definition) is 1. The highest BCUT2D eigenvalue weighted by Crippen LogP contribution is 2.28. The summed E-state index contributed by atoms with van der Waals surface area (Å²) in [7, 11) is 0. The van der Waals surface area contributed by atoms with Crippen LogP contribution in [-0.2, 0) is 0 Å². The van der Waals surface area contributed by atoms with Crippen molar-refractivity contribution in [1.82, 2.24) is 5.32 Å². The third-order valence-corrected chi connectivity index (χ3v) is 3.49. The van der Waals surface area contributed by atoms with Gasteiger partial charge in [0, 0.05) is 6.04 Å². The second kappa shape index (κ2) is 7.52. The molecule has 1 aromatic rings. The van der Waals surface area contributed by atoms with E-state index < -0.39 is 0 Å². The van der Waals surface area contributed by atoms with Gasteiger partial charge in [-0.2, -0.15) is 0 Å². The normalized spacial score (nSPS) is 14.5. The third kappa shape index (κ3) is 4.09. The molecule has 0 bridgehead atoms. The lowest BCUT2D eigenvalue weighted by atomic mass is 9.88. The van der Waals surface area contributed by atoms with Crippen LogP contribution in [0, 0.1) is 18.7 Å². The number of rotatable bonds is 7. The van der Waals surface area contributed by atoms with Crippen LogP contribution in [-0.4, -0.2) is 6.54 Å². The molecule has 0 aliphatic carbocycles. The maximum atomic E-state index is 13.2. The van der Waals surface area contributed by atoms with E-state index in [-0.39, 0.29) is 5.82 Å². The van der Waals surface area contributed by atoms with Crippen LogP contribution in [0.4, 0.5) is 4.39 Å². The molecule has 1 rings (SSSR count). The van der Waals surface area contributed by atoms with E-state index in [4.69, 9.17) is 0 Å². The molecule has 2 unspecified atom stereocenters. The molecule has 0 radical (unpaired) electrons. The molecular weight excluding hydrogens is 225 g/mol. The van der Waals surface area contributed by atoms with Gasteiger partial charge in [-0.25, -0.2) is 4.39 Å². The third-order valence-electron chi connectivity index (χ3n) is 3.49. The van der Waals surface area contributed by atoms with Crippen LogP contribution >= 0.6 is 0 Å². The highest BCUT2D eigenvalue weighted by Gasteiger charge is 2.19. The SMILES string of the molecule is CCCNC(c1ccc(F)cc1C)C(C)CCC. The van der Waals surface area contributed by atoms with Crippen LogP contribution in [0.5, 0.6) is 0 Å². The summed E-state index contributed by atoms with van der Waals surface area (Å²) in [6.45, 7) is 9.67. The predicted molar refractivity (Wildman–Crippen MR) is 76.2 cm³/mol. The summed E-state index contributed by atoms with van der Waals surface area (Å²) < 4.78 is 13.2. The van der Waals surface area contributed by atoms with Gasteiger partial charge in [0.25, 0.3) is 0 Å².